The van der Waals surface area contributed by atoms with Crippen LogP contribution in [0, 0.1) is 0 Å². The van der Waals surface area contributed by atoms with Crippen LogP contribution in [0.4, 0.5) is 4.79 Å². The Hall–Kier alpha value is -4.50. The Morgan fingerprint density at radius 3 is 1.80 bits per heavy atom. The van der Waals surface area contributed by atoms with Crippen LogP contribution in [-0.2, 0) is 43.3 Å². The molecule has 0 aliphatic carbocycles. The van der Waals surface area contributed by atoms with Gasteiger partial charge in [0.25, 0.3) is 0 Å². The van der Waals surface area contributed by atoms with E-state index < -0.39 is 35.6 Å². The second-order valence-corrected chi connectivity index (χ2v) is 9.86. The smallest absolute Gasteiger partial charge is 0.407 e. The lowest BCUT2D eigenvalue weighted by molar-refractivity contribution is -0.132. The number of Topliss-reactive ketones (excluding diaryl/α,β-unsaturated/α-hetero) is 1. The molecule has 3 N–H and O–H groups in total. The van der Waals surface area contributed by atoms with Gasteiger partial charge in [0.05, 0.1) is 12.6 Å². The number of benzene rings is 3. The van der Waals surface area contributed by atoms with E-state index in [1.807, 2.05) is 91.0 Å². The molecular formula is C31H33N3O6. The summed E-state index contributed by atoms with van der Waals surface area (Å²) in [6.45, 7) is 1.67. The zero-order valence-electron chi connectivity index (χ0n) is 22.3. The molecule has 1 aliphatic rings. The number of ether oxygens (including phenoxy) is 2. The Morgan fingerprint density at radius 1 is 0.775 bits per heavy atom. The molecule has 9 nitrogen and oxygen atoms in total. The number of nitrogens with one attached hydrogen (secondary N) is 3. The van der Waals surface area contributed by atoms with Crippen LogP contribution in [0.3, 0.4) is 0 Å². The summed E-state index contributed by atoms with van der Waals surface area (Å²) in [4.78, 5) is 51.6. The van der Waals surface area contributed by atoms with Gasteiger partial charge in [-0.15, -0.1) is 0 Å². The maximum absolute atomic E-state index is 13.5. The first-order valence-electron chi connectivity index (χ1n) is 13.1. The average Bonchev–Trinajstić information content (AvgIpc) is 3.73. The van der Waals surface area contributed by atoms with Crippen molar-refractivity contribution in [1.82, 2.24) is 16.0 Å². The van der Waals surface area contributed by atoms with E-state index in [2.05, 4.69) is 16.0 Å². The quantitative estimate of drug-likeness (QED) is 0.285. The van der Waals surface area contributed by atoms with Crippen molar-refractivity contribution in [3.8, 4) is 0 Å². The number of ketones is 1. The number of rotatable bonds is 13. The maximum atomic E-state index is 13.5. The lowest BCUT2D eigenvalue weighted by atomic mass is 9.94. The van der Waals surface area contributed by atoms with Crippen molar-refractivity contribution in [2.24, 2.45) is 0 Å². The number of amides is 3. The van der Waals surface area contributed by atoms with E-state index in [1.165, 1.54) is 0 Å². The van der Waals surface area contributed by atoms with E-state index in [9.17, 15) is 19.2 Å². The fourth-order valence-corrected chi connectivity index (χ4v) is 4.18. The van der Waals surface area contributed by atoms with E-state index in [4.69, 9.17) is 9.47 Å². The Kier molecular flexibility index (Phi) is 9.64. The number of alkyl carbamates (subject to hydrolysis) is 1. The van der Waals surface area contributed by atoms with Crippen molar-refractivity contribution in [1.29, 1.82) is 0 Å². The standard InChI is InChI=1S/C31H33N3O6/c1-31(21-40-31)28(36)25(17-22-11-5-2-6-12-22)34-29(37)26(18-23-13-7-3-8-14-23)33-27(35)19-32-30(38)39-20-24-15-9-4-10-16-24/h2-16,25-26H,17-21H2,1H3,(H,32,38)(H,33,35)(H,34,37)/t25?,26-,31?/m0/s1. The van der Waals surface area contributed by atoms with Crippen LogP contribution in [0.5, 0.6) is 0 Å². The van der Waals surface area contributed by atoms with Gasteiger partial charge >= 0.3 is 6.09 Å². The van der Waals surface area contributed by atoms with E-state index in [-0.39, 0.29) is 31.8 Å². The zero-order valence-corrected chi connectivity index (χ0v) is 22.3. The van der Waals surface area contributed by atoms with Crippen LogP contribution in [0.2, 0.25) is 0 Å². The molecule has 1 fully saturated rings. The van der Waals surface area contributed by atoms with Crippen LogP contribution >= 0.6 is 0 Å². The summed E-state index contributed by atoms with van der Waals surface area (Å²) >= 11 is 0. The molecular weight excluding hydrogens is 510 g/mol. The predicted octanol–water partition coefficient (Wildman–Crippen LogP) is 2.73. The Morgan fingerprint density at radius 2 is 1.27 bits per heavy atom. The molecule has 3 aromatic carbocycles. The summed E-state index contributed by atoms with van der Waals surface area (Å²) in [6, 6.07) is 25.9. The van der Waals surface area contributed by atoms with Gasteiger partial charge in [0, 0.05) is 6.42 Å². The van der Waals surface area contributed by atoms with Crippen LogP contribution in [-0.4, -0.2) is 54.5 Å². The monoisotopic (exact) mass is 543 g/mol. The van der Waals surface area contributed by atoms with Gasteiger partial charge in [-0.25, -0.2) is 4.79 Å². The molecule has 9 heteroatoms. The Balaban J connectivity index is 1.39. The first-order valence-corrected chi connectivity index (χ1v) is 13.1. The fraction of sp³-hybridized carbons (Fsp3) is 0.290. The first-order chi connectivity index (χ1) is 19.3. The zero-order chi connectivity index (χ0) is 28.4. The second-order valence-electron chi connectivity index (χ2n) is 9.86. The third-order valence-corrected chi connectivity index (χ3v) is 6.55. The molecule has 1 saturated heterocycles. The van der Waals surface area contributed by atoms with Crippen molar-refractivity contribution in [2.45, 2.75) is 44.1 Å². The summed E-state index contributed by atoms with van der Waals surface area (Å²) in [6.07, 6.45) is -0.281. The third-order valence-electron chi connectivity index (χ3n) is 6.55. The molecule has 0 saturated carbocycles. The normalized spacial score (nSPS) is 17.1. The average molecular weight is 544 g/mol. The second kappa shape index (κ2) is 13.5. The Labute approximate surface area is 233 Å². The van der Waals surface area contributed by atoms with Gasteiger partial charge in [0.15, 0.2) is 5.78 Å². The first kappa shape index (κ1) is 28.5. The molecule has 3 atom stereocenters. The van der Waals surface area contributed by atoms with Crippen molar-refractivity contribution in [2.75, 3.05) is 13.2 Å². The molecule has 3 aromatic rings. The predicted molar refractivity (Wildman–Crippen MR) is 148 cm³/mol. The maximum Gasteiger partial charge on any atom is 0.407 e. The molecule has 208 valence electrons. The number of carbonyl (C=O) groups is 4. The van der Waals surface area contributed by atoms with Gasteiger partial charge in [-0.3, -0.25) is 14.4 Å². The molecule has 1 aliphatic heterocycles. The molecule has 0 spiro atoms. The van der Waals surface area contributed by atoms with Crippen molar-refractivity contribution in [3.05, 3.63) is 108 Å². The lowest BCUT2D eigenvalue weighted by Crippen LogP contribution is -2.55. The van der Waals surface area contributed by atoms with Gasteiger partial charge < -0.3 is 25.4 Å². The van der Waals surface area contributed by atoms with Gasteiger partial charge in [-0.1, -0.05) is 91.0 Å². The highest BCUT2D eigenvalue weighted by molar-refractivity contribution is 5.98. The largest absolute Gasteiger partial charge is 0.445 e. The van der Waals surface area contributed by atoms with E-state index >= 15 is 0 Å². The summed E-state index contributed by atoms with van der Waals surface area (Å²) < 4.78 is 10.5. The van der Waals surface area contributed by atoms with Crippen molar-refractivity contribution < 1.29 is 28.7 Å². The summed E-state index contributed by atoms with van der Waals surface area (Å²) in [5.74, 6) is -1.31. The van der Waals surface area contributed by atoms with Crippen LogP contribution in [0.1, 0.15) is 23.6 Å². The summed E-state index contributed by atoms with van der Waals surface area (Å²) in [5, 5.41) is 7.94. The SMILES string of the molecule is CC1(C(=O)C(Cc2ccccc2)NC(=O)[C@H](Cc2ccccc2)NC(=O)CNC(=O)OCc2ccccc2)CO1. The van der Waals surface area contributed by atoms with Crippen LogP contribution < -0.4 is 16.0 Å². The fourth-order valence-electron chi connectivity index (χ4n) is 4.18. The van der Waals surface area contributed by atoms with Crippen molar-refractivity contribution in [3.63, 3.8) is 0 Å². The van der Waals surface area contributed by atoms with Gasteiger partial charge in [0.1, 0.15) is 24.8 Å². The van der Waals surface area contributed by atoms with Crippen molar-refractivity contribution >= 4 is 23.7 Å². The lowest BCUT2D eigenvalue weighted by Gasteiger charge is -2.24. The number of hydrogen-bond donors (Lipinski definition) is 3. The Bertz CT molecular complexity index is 1300. The number of carbonyl (C=O) groups excluding carboxylic acids is 4. The molecule has 0 radical (unpaired) electrons. The molecule has 1 heterocycles. The topological polar surface area (TPSA) is 126 Å². The molecule has 0 aromatic heterocycles. The minimum absolute atomic E-state index is 0.0623. The van der Waals surface area contributed by atoms with E-state index in [1.54, 1.807) is 6.92 Å². The molecule has 3 amide bonds. The van der Waals surface area contributed by atoms with Gasteiger partial charge in [-0.05, 0) is 30.0 Å². The minimum Gasteiger partial charge on any atom is -0.445 e. The highest BCUT2D eigenvalue weighted by Crippen LogP contribution is 2.29. The molecule has 40 heavy (non-hydrogen) atoms. The van der Waals surface area contributed by atoms with E-state index in [0.717, 1.165) is 16.7 Å². The third kappa shape index (κ3) is 8.51. The minimum atomic E-state index is -0.990. The summed E-state index contributed by atoms with van der Waals surface area (Å²) in [7, 11) is 0. The van der Waals surface area contributed by atoms with Crippen LogP contribution in [0.15, 0.2) is 91.0 Å². The molecule has 0 bridgehead atoms. The van der Waals surface area contributed by atoms with E-state index in [0.29, 0.717) is 6.61 Å². The number of epoxide rings is 1. The molecule has 4 rings (SSSR count). The summed E-state index contributed by atoms with van der Waals surface area (Å²) in [5.41, 5.74) is 1.58. The van der Waals surface area contributed by atoms with Gasteiger partial charge in [0.2, 0.25) is 11.8 Å². The van der Waals surface area contributed by atoms with Crippen LogP contribution in [0.25, 0.3) is 0 Å². The van der Waals surface area contributed by atoms with Gasteiger partial charge in [-0.2, -0.15) is 0 Å². The highest BCUT2D eigenvalue weighted by Gasteiger charge is 2.50. The number of hydrogen-bond acceptors (Lipinski definition) is 6. The highest BCUT2D eigenvalue weighted by atomic mass is 16.6. The molecule has 2 unspecified atom stereocenters.